The fourth-order valence-corrected chi connectivity index (χ4v) is 2.69. The van der Waals surface area contributed by atoms with Crippen LogP contribution in [0.3, 0.4) is 0 Å². The van der Waals surface area contributed by atoms with Crippen molar-refractivity contribution < 1.29 is 19.4 Å². The van der Waals surface area contributed by atoms with Crippen LogP contribution in [0.25, 0.3) is 10.8 Å². The summed E-state index contributed by atoms with van der Waals surface area (Å²) in [6.07, 6.45) is 0. The van der Waals surface area contributed by atoms with Crippen LogP contribution in [-0.4, -0.2) is 23.6 Å². The Labute approximate surface area is 151 Å². The highest BCUT2D eigenvalue weighted by molar-refractivity contribution is 6.02. The second-order valence-electron chi connectivity index (χ2n) is 6.13. The van der Waals surface area contributed by atoms with Crippen molar-refractivity contribution in [2.45, 2.75) is 13.8 Å². The van der Waals surface area contributed by atoms with E-state index in [1.807, 2.05) is 44.2 Å². The Bertz CT molecular complexity index is 994. The number of aryl methyl sites for hydroxylation is 2. The number of phenolic OH excluding ortho intramolecular Hbond substituents is 1. The highest BCUT2D eigenvalue weighted by Crippen LogP contribution is 2.29. The first-order valence-electron chi connectivity index (χ1n) is 8.20. The largest absolute Gasteiger partial charge is 0.506 e. The molecule has 5 heteroatoms. The Hall–Kier alpha value is -3.34. The van der Waals surface area contributed by atoms with Gasteiger partial charge in [-0.2, -0.15) is 0 Å². The maximum Gasteiger partial charge on any atom is 0.342 e. The van der Waals surface area contributed by atoms with Crippen LogP contribution in [0.15, 0.2) is 54.6 Å². The van der Waals surface area contributed by atoms with Crippen LogP contribution >= 0.6 is 0 Å². The molecule has 132 valence electrons. The lowest BCUT2D eigenvalue weighted by Gasteiger charge is -2.11. The fraction of sp³-hybridized carbons (Fsp3) is 0.143. The van der Waals surface area contributed by atoms with E-state index in [-0.39, 0.29) is 11.3 Å². The molecule has 5 nitrogen and oxygen atoms in total. The van der Waals surface area contributed by atoms with Crippen LogP contribution in [-0.2, 0) is 9.53 Å². The molecule has 0 saturated carbocycles. The topological polar surface area (TPSA) is 75.6 Å². The standard InChI is InChI=1S/C21H19NO4/c1-13-7-8-14(2)18(11-13)22-19(23)12-26-21(25)17-10-9-15-5-3-4-6-16(15)20(17)24/h3-11,24H,12H2,1-2H3,(H,22,23). The molecule has 3 aromatic carbocycles. The first-order valence-corrected chi connectivity index (χ1v) is 8.20. The number of fused-ring (bicyclic) bond motifs is 1. The third-order valence-corrected chi connectivity index (χ3v) is 4.12. The number of esters is 1. The lowest BCUT2D eigenvalue weighted by molar-refractivity contribution is -0.119. The SMILES string of the molecule is Cc1ccc(C)c(NC(=O)COC(=O)c2ccc3ccccc3c2O)c1. The Morgan fingerprint density at radius 3 is 2.62 bits per heavy atom. The molecule has 0 atom stereocenters. The third kappa shape index (κ3) is 3.67. The van der Waals surface area contributed by atoms with Crippen LogP contribution in [0.4, 0.5) is 5.69 Å². The quantitative estimate of drug-likeness (QED) is 0.699. The van der Waals surface area contributed by atoms with Gasteiger partial charge >= 0.3 is 5.97 Å². The van der Waals surface area contributed by atoms with E-state index >= 15 is 0 Å². The van der Waals surface area contributed by atoms with Crippen molar-refractivity contribution in [3.63, 3.8) is 0 Å². The molecule has 0 saturated heterocycles. The van der Waals surface area contributed by atoms with Gasteiger partial charge in [-0.1, -0.05) is 42.5 Å². The van der Waals surface area contributed by atoms with Crippen molar-refractivity contribution >= 4 is 28.3 Å². The van der Waals surface area contributed by atoms with E-state index < -0.39 is 18.5 Å². The average Bonchev–Trinajstić information content (AvgIpc) is 2.63. The number of benzene rings is 3. The summed E-state index contributed by atoms with van der Waals surface area (Å²) in [6, 6.07) is 16.1. The predicted octanol–water partition coefficient (Wildman–Crippen LogP) is 3.96. The molecule has 0 radical (unpaired) electrons. The van der Waals surface area contributed by atoms with Gasteiger partial charge in [-0.25, -0.2) is 4.79 Å². The van der Waals surface area contributed by atoms with E-state index in [1.54, 1.807) is 18.2 Å². The molecule has 0 spiro atoms. The number of phenols is 1. The number of aromatic hydroxyl groups is 1. The van der Waals surface area contributed by atoms with Gasteiger partial charge in [0.25, 0.3) is 5.91 Å². The molecule has 0 bridgehead atoms. The Balaban J connectivity index is 1.68. The summed E-state index contributed by atoms with van der Waals surface area (Å²) >= 11 is 0. The van der Waals surface area contributed by atoms with E-state index in [0.717, 1.165) is 16.5 Å². The normalized spacial score (nSPS) is 10.5. The van der Waals surface area contributed by atoms with Crippen LogP contribution in [0.1, 0.15) is 21.5 Å². The number of carbonyl (C=O) groups excluding carboxylic acids is 2. The lowest BCUT2D eigenvalue weighted by Crippen LogP contribution is -2.21. The molecule has 0 aliphatic heterocycles. The highest BCUT2D eigenvalue weighted by atomic mass is 16.5. The van der Waals surface area contributed by atoms with E-state index in [2.05, 4.69) is 5.32 Å². The van der Waals surface area contributed by atoms with Crippen molar-refractivity contribution in [3.05, 3.63) is 71.3 Å². The molecule has 0 heterocycles. The second-order valence-corrected chi connectivity index (χ2v) is 6.13. The molecule has 3 aromatic rings. The number of hydrogen-bond acceptors (Lipinski definition) is 4. The minimum absolute atomic E-state index is 0.0308. The van der Waals surface area contributed by atoms with Gasteiger partial charge < -0.3 is 15.2 Å². The maximum atomic E-state index is 12.2. The first kappa shape index (κ1) is 17.5. The predicted molar refractivity (Wildman–Crippen MR) is 100 cm³/mol. The molecule has 2 N–H and O–H groups in total. The maximum absolute atomic E-state index is 12.2. The van der Waals surface area contributed by atoms with Gasteiger partial charge in [-0.15, -0.1) is 0 Å². The number of carbonyl (C=O) groups is 2. The molecule has 0 aliphatic carbocycles. The summed E-state index contributed by atoms with van der Waals surface area (Å²) in [5, 5.41) is 14.4. The van der Waals surface area contributed by atoms with Gasteiger partial charge in [0.2, 0.25) is 0 Å². The van der Waals surface area contributed by atoms with Gasteiger partial charge in [0.15, 0.2) is 6.61 Å². The number of ether oxygens (including phenoxy) is 1. The minimum Gasteiger partial charge on any atom is -0.506 e. The van der Waals surface area contributed by atoms with Crippen LogP contribution in [0.2, 0.25) is 0 Å². The third-order valence-electron chi connectivity index (χ3n) is 4.12. The molecular weight excluding hydrogens is 330 g/mol. The lowest BCUT2D eigenvalue weighted by atomic mass is 10.1. The van der Waals surface area contributed by atoms with E-state index in [9.17, 15) is 14.7 Å². The zero-order valence-electron chi connectivity index (χ0n) is 14.6. The molecule has 1 amide bonds. The van der Waals surface area contributed by atoms with Crippen molar-refractivity contribution in [3.8, 4) is 5.75 Å². The molecule has 26 heavy (non-hydrogen) atoms. The zero-order chi connectivity index (χ0) is 18.7. The summed E-state index contributed by atoms with van der Waals surface area (Å²) < 4.78 is 5.05. The number of rotatable bonds is 4. The van der Waals surface area contributed by atoms with E-state index in [0.29, 0.717) is 11.1 Å². The van der Waals surface area contributed by atoms with Crippen LogP contribution < -0.4 is 5.32 Å². The van der Waals surface area contributed by atoms with E-state index in [1.165, 1.54) is 6.07 Å². The Kier molecular flexibility index (Phi) is 4.89. The van der Waals surface area contributed by atoms with Gasteiger partial charge in [0.1, 0.15) is 11.3 Å². The average molecular weight is 349 g/mol. The number of anilines is 1. The monoisotopic (exact) mass is 349 g/mol. The van der Waals surface area contributed by atoms with Gasteiger partial charge in [0, 0.05) is 11.1 Å². The Morgan fingerprint density at radius 1 is 1.04 bits per heavy atom. The Morgan fingerprint density at radius 2 is 1.81 bits per heavy atom. The summed E-state index contributed by atoms with van der Waals surface area (Å²) in [4.78, 5) is 24.3. The van der Waals surface area contributed by atoms with Gasteiger partial charge in [-0.3, -0.25) is 4.79 Å². The molecule has 0 aromatic heterocycles. The van der Waals surface area contributed by atoms with Crippen LogP contribution in [0.5, 0.6) is 5.75 Å². The number of hydrogen-bond donors (Lipinski definition) is 2. The fourth-order valence-electron chi connectivity index (χ4n) is 2.69. The van der Waals surface area contributed by atoms with Gasteiger partial charge in [-0.05, 0) is 42.5 Å². The number of amides is 1. The van der Waals surface area contributed by atoms with Gasteiger partial charge in [0.05, 0.1) is 0 Å². The second kappa shape index (κ2) is 7.27. The molecule has 0 fully saturated rings. The van der Waals surface area contributed by atoms with Crippen molar-refractivity contribution in [2.24, 2.45) is 0 Å². The molecule has 0 unspecified atom stereocenters. The first-order chi connectivity index (χ1) is 12.5. The highest BCUT2D eigenvalue weighted by Gasteiger charge is 2.16. The van der Waals surface area contributed by atoms with Crippen molar-refractivity contribution in [1.29, 1.82) is 0 Å². The van der Waals surface area contributed by atoms with Crippen LogP contribution in [0, 0.1) is 13.8 Å². The molecular formula is C21H19NO4. The molecule has 0 aliphatic rings. The number of nitrogens with one attached hydrogen (secondary N) is 1. The summed E-state index contributed by atoms with van der Waals surface area (Å²) in [7, 11) is 0. The van der Waals surface area contributed by atoms with Crippen molar-refractivity contribution in [1.82, 2.24) is 0 Å². The smallest absolute Gasteiger partial charge is 0.342 e. The summed E-state index contributed by atoms with van der Waals surface area (Å²) in [5.41, 5.74) is 2.65. The summed E-state index contributed by atoms with van der Waals surface area (Å²) in [5.74, 6) is -1.33. The van der Waals surface area contributed by atoms with E-state index in [4.69, 9.17) is 4.74 Å². The zero-order valence-corrected chi connectivity index (χ0v) is 14.6. The summed E-state index contributed by atoms with van der Waals surface area (Å²) in [6.45, 7) is 3.38. The minimum atomic E-state index is -0.746. The van der Waals surface area contributed by atoms with Crippen molar-refractivity contribution in [2.75, 3.05) is 11.9 Å². The molecule has 3 rings (SSSR count).